The maximum atomic E-state index is 13.5. The van der Waals surface area contributed by atoms with Gasteiger partial charge in [0.05, 0.1) is 0 Å². The summed E-state index contributed by atoms with van der Waals surface area (Å²) in [4.78, 5) is 0. The number of nitrogen functional groups attached to an aromatic ring is 1. The first-order valence-corrected chi connectivity index (χ1v) is 4.27. The molecule has 64 valence electrons. The number of nitrogens with two attached hydrogens (primary N) is 1. The topological polar surface area (TPSA) is 26.0 Å². The second-order valence-corrected chi connectivity index (χ2v) is 3.37. The zero-order chi connectivity index (χ0) is 8.55. The average Bonchev–Trinajstić information content (AvgIpc) is 2.86. The van der Waals surface area contributed by atoms with E-state index >= 15 is 0 Å². The Balaban J connectivity index is 2.25. The van der Waals surface area contributed by atoms with Crippen LogP contribution < -0.4 is 5.73 Å². The van der Waals surface area contributed by atoms with Crippen LogP contribution in [-0.2, 0) is 0 Å². The maximum Gasteiger partial charge on any atom is 0.130 e. The fourth-order valence-corrected chi connectivity index (χ4v) is 1.40. The molecule has 2 rings (SSSR count). The summed E-state index contributed by atoms with van der Waals surface area (Å²) >= 11 is 0. The van der Waals surface area contributed by atoms with Crippen molar-refractivity contribution in [3.8, 4) is 0 Å². The summed E-state index contributed by atoms with van der Waals surface area (Å²) in [5.41, 5.74) is 6.89. The van der Waals surface area contributed by atoms with Gasteiger partial charge in [0.1, 0.15) is 6.17 Å². The summed E-state index contributed by atoms with van der Waals surface area (Å²) in [5.74, 6) is 0.231. The van der Waals surface area contributed by atoms with E-state index in [4.69, 9.17) is 5.73 Å². The summed E-state index contributed by atoms with van der Waals surface area (Å²) < 4.78 is 13.5. The Kier molecular flexibility index (Phi) is 1.75. The lowest BCUT2D eigenvalue weighted by atomic mass is 10.1. The van der Waals surface area contributed by atoms with Crippen molar-refractivity contribution in [2.45, 2.75) is 19.0 Å². The van der Waals surface area contributed by atoms with Crippen LogP contribution in [0.3, 0.4) is 0 Å². The van der Waals surface area contributed by atoms with Crippen molar-refractivity contribution >= 4 is 5.69 Å². The lowest BCUT2D eigenvalue weighted by molar-refractivity contribution is 0.307. The molecule has 1 aliphatic carbocycles. The van der Waals surface area contributed by atoms with Crippen LogP contribution in [0.15, 0.2) is 24.3 Å². The minimum absolute atomic E-state index is 0.231. The normalized spacial score (nSPS) is 19.1. The fraction of sp³-hybridized carbons (Fsp3) is 0.400. The van der Waals surface area contributed by atoms with Crippen LogP contribution in [0.4, 0.5) is 10.1 Å². The Hall–Kier alpha value is -1.05. The van der Waals surface area contributed by atoms with Crippen molar-refractivity contribution < 1.29 is 4.39 Å². The highest BCUT2D eigenvalue weighted by molar-refractivity contribution is 5.48. The van der Waals surface area contributed by atoms with Gasteiger partial charge < -0.3 is 5.73 Å². The molecule has 1 aromatic rings. The number of hydrogen-bond donors (Lipinski definition) is 1. The van der Waals surface area contributed by atoms with Crippen LogP contribution in [0, 0.1) is 5.92 Å². The summed E-state index contributed by atoms with van der Waals surface area (Å²) in [7, 11) is 0. The Morgan fingerprint density at radius 1 is 1.33 bits per heavy atom. The van der Waals surface area contributed by atoms with Gasteiger partial charge in [0.2, 0.25) is 0 Å². The van der Waals surface area contributed by atoms with Gasteiger partial charge in [-0.05, 0) is 24.8 Å². The Morgan fingerprint density at radius 2 is 2.00 bits per heavy atom. The molecule has 0 saturated heterocycles. The molecule has 0 aliphatic heterocycles. The third-order valence-corrected chi connectivity index (χ3v) is 2.33. The standard InChI is InChI=1S/C10H12FN/c11-10(7-5-6-7)8-3-1-2-4-9(8)12/h1-4,7,10H,5-6,12H2. The van der Waals surface area contributed by atoms with Gasteiger partial charge in [0.25, 0.3) is 0 Å². The van der Waals surface area contributed by atoms with Crippen LogP contribution in [0.5, 0.6) is 0 Å². The molecule has 2 N–H and O–H groups in total. The summed E-state index contributed by atoms with van der Waals surface area (Å²) in [6.07, 6.45) is 1.18. The first-order valence-electron chi connectivity index (χ1n) is 4.27. The predicted molar refractivity (Wildman–Crippen MR) is 47.4 cm³/mol. The van der Waals surface area contributed by atoms with Crippen LogP contribution in [0.25, 0.3) is 0 Å². The third kappa shape index (κ3) is 1.29. The molecule has 0 heterocycles. The Labute approximate surface area is 71.4 Å². The Morgan fingerprint density at radius 3 is 2.58 bits per heavy atom. The van der Waals surface area contributed by atoms with E-state index in [0.717, 1.165) is 12.8 Å². The van der Waals surface area contributed by atoms with Gasteiger partial charge in [-0.25, -0.2) is 4.39 Å². The largest absolute Gasteiger partial charge is 0.398 e. The van der Waals surface area contributed by atoms with Crippen molar-refractivity contribution in [3.63, 3.8) is 0 Å². The van der Waals surface area contributed by atoms with Crippen molar-refractivity contribution in [2.24, 2.45) is 5.92 Å². The number of anilines is 1. The lowest BCUT2D eigenvalue weighted by Gasteiger charge is -2.08. The molecule has 0 radical (unpaired) electrons. The van der Waals surface area contributed by atoms with Gasteiger partial charge in [-0.3, -0.25) is 0 Å². The van der Waals surface area contributed by atoms with E-state index in [1.165, 1.54) is 0 Å². The summed E-state index contributed by atoms with van der Waals surface area (Å²) in [6.45, 7) is 0. The summed E-state index contributed by atoms with van der Waals surface area (Å²) in [6, 6.07) is 7.20. The van der Waals surface area contributed by atoms with E-state index in [9.17, 15) is 4.39 Å². The summed E-state index contributed by atoms with van der Waals surface area (Å²) in [5, 5.41) is 0. The molecule has 1 atom stereocenters. The molecule has 0 aromatic heterocycles. The number of benzene rings is 1. The van der Waals surface area contributed by atoms with E-state index in [0.29, 0.717) is 11.3 Å². The van der Waals surface area contributed by atoms with Crippen molar-refractivity contribution in [3.05, 3.63) is 29.8 Å². The van der Waals surface area contributed by atoms with Gasteiger partial charge in [0.15, 0.2) is 0 Å². The van der Waals surface area contributed by atoms with Crippen LogP contribution in [0.2, 0.25) is 0 Å². The van der Waals surface area contributed by atoms with Gasteiger partial charge in [-0.2, -0.15) is 0 Å². The SMILES string of the molecule is Nc1ccccc1C(F)C1CC1. The third-order valence-electron chi connectivity index (χ3n) is 2.33. The second kappa shape index (κ2) is 2.77. The number of rotatable bonds is 2. The smallest absolute Gasteiger partial charge is 0.130 e. The fourth-order valence-electron chi connectivity index (χ4n) is 1.40. The molecule has 1 unspecified atom stereocenters. The van der Waals surface area contributed by atoms with Gasteiger partial charge in [-0.1, -0.05) is 18.2 Å². The molecule has 0 amide bonds. The zero-order valence-corrected chi connectivity index (χ0v) is 6.83. The number of alkyl halides is 1. The van der Waals surface area contributed by atoms with Crippen LogP contribution in [-0.4, -0.2) is 0 Å². The highest BCUT2D eigenvalue weighted by atomic mass is 19.1. The predicted octanol–water partition coefficient (Wildman–Crippen LogP) is 2.69. The van der Waals surface area contributed by atoms with Crippen molar-refractivity contribution in [1.82, 2.24) is 0 Å². The molecule has 0 bridgehead atoms. The molecule has 1 aromatic carbocycles. The van der Waals surface area contributed by atoms with Crippen LogP contribution >= 0.6 is 0 Å². The zero-order valence-electron chi connectivity index (χ0n) is 6.83. The number of para-hydroxylation sites is 1. The minimum Gasteiger partial charge on any atom is -0.398 e. The highest BCUT2D eigenvalue weighted by Gasteiger charge is 2.33. The average molecular weight is 165 g/mol. The quantitative estimate of drug-likeness (QED) is 0.670. The molecule has 1 fully saturated rings. The Bertz CT molecular complexity index is 281. The molecule has 0 spiro atoms. The lowest BCUT2D eigenvalue weighted by Crippen LogP contribution is -1.99. The maximum absolute atomic E-state index is 13.5. The number of halogens is 1. The molecule has 2 heteroatoms. The van der Waals surface area contributed by atoms with E-state index in [2.05, 4.69) is 0 Å². The van der Waals surface area contributed by atoms with E-state index in [-0.39, 0.29) is 5.92 Å². The van der Waals surface area contributed by atoms with E-state index in [1.54, 1.807) is 12.1 Å². The first-order chi connectivity index (χ1) is 5.79. The van der Waals surface area contributed by atoms with E-state index in [1.807, 2.05) is 12.1 Å². The van der Waals surface area contributed by atoms with Gasteiger partial charge in [0, 0.05) is 11.3 Å². The van der Waals surface area contributed by atoms with Crippen LogP contribution in [0.1, 0.15) is 24.6 Å². The molecule has 12 heavy (non-hydrogen) atoms. The van der Waals surface area contributed by atoms with E-state index < -0.39 is 6.17 Å². The number of hydrogen-bond acceptors (Lipinski definition) is 1. The second-order valence-electron chi connectivity index (χ2n) is 3.37. The molecule has 1 nitrogen and oxygen atoms in total. The first kappa shape index (κ1) is 7.59. The highest BCUT2D eigenvalue weighted by Crippen LogP contribution is 2.44. The van der Waals surface area contributed by atoms with Gasteiger partial charge >= 0.3 is 0 Å². The molecular weight excluding hydrogens is 153 g/mol. The molecule has 1 saturated carbocycles. The monoisotopic (exact) mass is 165 g/mol. The minimum atomic E-state index is -0.841. The molecular formula is C10H12FN. The molecule has 1 aliphatic rings. The van der Waals surface area contributed by atoms with Gasteiger partial charge in [-0.15, -0.1) is 0 Å². The van der Waals surface area contributed by atoms with Crippen molar-refractivity contribution in [1.29, 1.82) is 0 Å². The van der Waals surface area contributed by atoms with Crippen molar-refractivity contribution in [2.75, 3.05) is 5.73 Å².